The summed E-state index contributed by atoms with van der Waals surface area (Å²) in [6.45, 7) is 1.60. The van der Waals surface area contributed by atoms with E-state index in [-0.39, 0.29) is 29.5 Å². The first-order chi connectivity index (χ1) is 12.5. The predicted molar refractivity (Wildman–Crippen MR) is 95.4 cm³/mol. The van der Waals surface area contributed by atoms with E-state index in [4.69, 9.17) is 21.1 Å². The van der Waals surface area contributed by atoms with Gasteiger partial charge in [-0.05, 0) is 37.3 Å². The molecule has 0 bridgehead atoms. The fourth-order valence-corrected chi connectivity index (χ4v) is 2.75. The van der Waals surface area contributed by atoms with Crippen molar-refractivity contribution in [2.24, 2.45) is 0 Å². The molecule has 2 aromatic carbocycles. The van der Waals surface area contributed by atoms with Crippen molar-refractivity contribution in [3.8, 4) is 5.75 Å². The van der Waals surface area contributed by atoms with E-state index in [0.29, 0.717) is 11.4 Å². The summed E-state index contributed by atoms with van der Waals surface area (Å²) in [5.74, 6) is -1.50. The fourth-order valence-electron chi connectivity index (χ4n) is 2.53. The van der Waals surface area contributed by atoms with Crippen LogP contribution in [0, 0.1) is 5.82 Å². The number of carbonyl (C=O) groups is 2. The maximum absolute atomic E-state index is 14.1. The molecule has 1 aliphatic heterocycles. The third-order valence-corrected chi connectivity index (χ3v) is 4.03. The Morgan fingerprint density at radius 3 is 2.77 bits per heavy atom. The predicted octanol–water partition coefficient (Wildman–Crippen LogP) is 3.81. The summed E-state index contributed by atoms with van der Waals surface area (Å²) >= 11 is 6.02. The fraction of sp³-hybridized carbons (Fsp3) is 0.158. The van der Waals surface area contributed by atoms with Crippen molar-refractivity contribution in [1.82, 2.24) is 0 Å². The zero-order chi connectivity index (χ0) is 18.7. The first-order valence-electron chi connectivity index (χ1n) is 7.91. The van der Waals surface area contributed by atoms with Crippen molar-refractivity contribution in [2.45, 2.75) is 6.92 Å². The van der Waals surface area contributed by atoms with Crippen LogP contribution in [-0.2, 0) is 14.3 Å². The molecule has 0 aliphatic carbocycles. The van der Waals surface area contributed by atoms with Gasteiger partial charge in [0.2, 0.25) is 0 Å². The average molecular weight is 376 g/mol. The maximum Gasteiger partial charge on any atom is 0.326 e. The van der Waals surface area contributed by atoms with Crippen LogP contribution in [0.1, 0.15) is 12.5 Å². The normalized spacial score (nSPS) is 14.8. The van der Waals surface area contributed by atoms with Gasteiger partial charge in [-0.15, -0.1) is 0 Å². The monoisotopic (exact) mass is 375 g/mol. The van der Waals surface area contributed by atoms with Gasteiger partial charge in [-0.3, -0.25) is 14.5 Å². The highest BCUT2D eigenvalue weighted by atomic mass is 35.5. The molecule has 7 heteroatoms. The molecule has 1 aliphatic rings. The van der Waals surface area contributed by atoms with Gasteiger partial charge in [0.15, 0.2) is 11.5 Å². The number of benzene rings is 2. The SMILES string of the molecule is CCOC(=O)CN1C(=O)C(=Cc2c(F)cccc2Cl)Oc2ccccc21. The largest absolute Gasteiger partial charge is 0.465 e. The number of hydrogen-bond donors (Lipinski definition) is 0. The molecule has 1 heterocycles. The Kier molecular flexibility index (Phi) is 5.23. The second-order valence-electron chi connectivity index (χ2n) is 5.41. The summed E-state index contributed by atoms with van der Waals surface area (Å²) in [7, 11) is 0. The first kappa shape index (κ1) is 17.9. The van der Waals surface area contributed by atoms with Crippen LogP contribution in [0.15, 0.2) is 48.2 Å². The van der Waals surface area contributed by atoms with Crippen molar-refractivity contribution in [3.05, 3.63) is 64.6 Å². The van der Waals surface area contributed by atoms with Gasteiger partial charge in [0, 0.05) is 5.56 Å². The van der Waals surface area contributed by atoms with E-state index >= 15 is 0 Å². The van der Waals surface area contributed by atoms with E-state index in [9.17, 15) is 14.0 Å². The van der Waals surface area contributed by atoms with Crippen molar-refractivity contribution < 1.29 is 23.5 Å². The quantitative estimate of drug-likeness (QED) is 0.602. The first-order valence-corrected chi connectivity index (χ1v) is 8.29. The van der Waals surface area contributed by atoms with E-state index < -0.39 is 17.7 Å². The molecular formula is C19H15ClFNO4. The summed E-state index contributed by atoms with van der Waals surface area (Å²) < 4.78 is 24.6. The van der Waals surface area contributed by atoms with E-state index in [1.807, 2.05) is 0 Å². The van der Waals surface area contributed by atoms with E-state index in [1.54, 1.807) is 31.2 Å². The Balaban J connectivity index is 2.03. The second kappa shape index (κ2) is 7.58. The smallest absolute Gasteiger partial charge is 0.326 e. The van der Waals surface area contributed by atoms with Gasteiger partial charge in [-0.2, -0.15) is 0 Å². The van der Waals surface area contributed by atoms with E-state index in [1.165, 1.54) is 29.2 Å². The highest BCUT2D eigenvalue weighted by molar-refractivity contribution is 6.32. The molecule has 0 spiro atoms. The zero-order valence-corrected chi connectivity index (χ0v) is 14.6. The summed E-state index contributed by atoms with van der Waals surface area (Å²) in [4.78, 5) is 25.9. The van der Waals surface area contributed by atoms with Crippen molar-refractivity contribution in [1.29, 1.82) is 0 Å². The number of rotatable bonds is 4. The minimum absolute atomic E-state index is 0.0352. The molecule has 0 fully saturated rings. The number of anilines is 1. The number of carbonyl (C=O) groups excluding carboxylic acids is 2. The van der Waals surface area contributed by atoms with Crippen LogP contribution in [0.5, 0.6) is 5.75 Å². The van der Waals surface area contributed by atoms with Crippen molar-refractivity contribution in [3.63, 3.8) is 0 Å². The summed E-state index contributed by atoms with van der Waals surface area (Å²) in [5.41, 5.74) is 0.468. The lowest BCUT2D eigenvalue weighted by molar-refractivity contribution is -0.142. The molecule has 0 saturated heterocycles. The van der Waals surface area contributed by atoms with Gasteiger partial charge in [-0.1, -0.05) is 29.8 Å². The van der Waals surface area contributed by atoms with Gasteiger partial charge < -0.3 is 9.47 Å². The van der Waals surface area contributed by atoms with Crippen LogP contribution >= 0.6 is 11.6 Å². The highest BCUT2D eigenvalue weighted by Crippen LogP contribution is 2.36. The molecule has 0 atom stereocenters. The molecule has 1 amide bonds. The molecular weight excluding hydrogens is 361 g/mol. The van der Waals surface area contributed by atoms with Crippen LogP contribution in [0.3, 0.4) is 0 Å². The van der Waals surface area contributed by atoms with Crippen molar-refractivity contribution >= 4 is 35.2 Å². The Labute approximate surface area is 154 Å². The minimum Gasteiger partial charge on any atom is -0.465 e. The minimum atomic E-state index is -0.587. The molecule has 2 aromatic rings. The number of ether oxygens (including phenoxy) is 2. The lowest BCUT2D eigenvalue weighted by Gasteiger charge is -2.29. The van der Waals surface area contributed by atoms with E-state index in [0.717, 1.165) is 0 Å². The van der Waals surface area contributed by atoms with Crippen LogP contribution in [0.25, 0.3) is 6.08 Å². The Morgan fingerprint density at radius 2 is 2.04 bits per heavy atom. The van der Waals surface area contributed by atoms with Crippen LogP contribution in [0.2, 0.25) is 5.02 Å². The summed E-state index contributed by atoms with van der Waals surface area (Å²) in [5, 5.41) is 0.143. The van der Waals surface area contributed by atoms with Crippen molar-refractivity contribution in [2.75, 3.05) is 18.1 Å². The standard InChI is InChI=1S/C19H15ClFNO4/c1-2-25-18(23)11-22-15-8-3-4-9-16(15)26-17(19(22)24)10-12-13(20)6-5-7-14(12)21/h3-10H,2,11H2,1H3. The van der Waals surface area contributed by atoms with Gasteiger partial charge in [-0.25, -0.2) is 4.39 Å². The van der Waals surface area contributed by atoms with Gasteiger partial charge in [0.1, 0.15) is 12.4 Å². The van der Waals surface area contributed by atoms with Gasteiger partial charge >= 0.3 is 5.97 Å². The Hall–Kier alpha value is -2.86. The van der Waals surface area contributed by atoms with Crippen LogP contribution < -0.4 is 9.64 Å². The number of nitrogens with zero attached hydrogens (tertiary/aromatic N) is 1. The zero-order valence-electron chi connectivity index (χ0n) is 13.9. The third kappa shape index (κ3) is 3.55. The molecule has 0 N–H and O–H groups in total. The number of para-hydroxylation sites is 2. The van der Waals surface area contributed by atoms with Gasteiger partial charge in [0.05, 0.1) is 17.3 Å². The molecule has 0 saturated carbocycles. The Bertz CT molecular complexity index is 877. The lowest BCUT2D eigenvalue weighted by atomic mass is 10.1. The molecule has 0 unspecified atom stereocenters. The number of hydrogen-bond acceptors (Lipinski definition) is 4. The third-order valence-electron chi connectivity index (χ3n) is 3.70. The number of halogens is 2. The topological polar surface area (TPSA) is 55.8 Å². The van der Waals surface area contributed by atoms with Gasteiger partial charge in [0.25, 0.3) is 5.91 Å². The molecule has 134 valence electrons. The molecule has 0 aromatic heterocycles. The lowest BCUT2D eigenvalue weighted by Crippen LogP contribution is -2.41. The average Bonchev–Trinajstić information content (AvgIpc) is 2.61. The highest BCUT2D eigenvalue weighted by Gasteiger charge is 2.32. The molecule has 0 radical (unpaired) electrons. The maximum atomic E-state index is 14.1. The number of amides is 1. The van der Waals surface area contributed by atoms with E-state index in [2.05, 4.69) is 0 Å². The number of fused-ring (bicyclic) bond motifs is 1. The molecule has 5 nitrogen and oxygen atoms in total. The number of esters is 1. The summed E-state index contributed by atoms with van der Waals surface area (Å²) in [6.07, 6.45) is 1.23. The molecule has 3 rings (SSSR count). The van der Waals surface area contributed by atoms with Crippen LogP contribution in [-0.4, -0.2) is 25.0 Å². The Morgan fingerprint density at radius 1 is 1.27 bits per heavy atom. The van der Waals surface area contributed by atoms with Crippen LogP contribution in [0.4, 0.5) is 10.1 Å². The second-order valence-corrected chi connectivity index (χ2v) is 5.82. The molecule has 26 heavy (non-hydrogen) atoms. The summed E-state index contributed by atoms with van der Waals surface area (Å²) in [6, 6.07) is 11.0.